The average molecular weight is 345 g/mol. The maximum Gasteiger partial charge on any atom is 0.256 e. The Balaban J connectivity index is 1.63. The topological polar surface area (TPSA) is 56.2 Å². The molecule has 1 N–H and O–H groups in total. The van der Waals surface area contributed by atoms with E-state index in [0.717, 1.165) is 36.6 Å². The first-order valence-electron chi connectivity index (χ1n) is 8.43. The molecule has 3 rings (SSSR count). The molecule has 1 aromatic heterocycles. The highest BCUT2D eigenvalue weighted by Crippen LogP contribution is 2.23. The number of thioether (sulfide) groups is 1. The molecule has 1 atom stereocenters. The Morgan fingerprint density at radius 3 is 3.08 bits per heavy atom. The summed E-state index contributed by atoms with van der Waals surface area (Å²) in [4.78, 5) is 13.5. The lowest BCUT2D eigenvalue weighted by Gasteiger charge is -2.22. The van der Waals surface area contributed by atoms with Crippen LogP contribution >= 0.6 is 11.8 Å². The molecule has 1 saturated heterocycles. The third-order valence-electron chi connectivity index (χ3n) is 3.99. The normalized spacial score (nSPS) is 17.6. The first kappa shape index (κ1) is 17.0. The molecular formula is C18H23N3O2S. The van der Waals surface area contributed by atoms with Crippen molar-refractivity contribution < 1.29 is 9.53 Å². The van der Waals surface area contributed by atoms with Crippen molar-refractivity contribution >= 4 is 23.4 Å². The fourth-order valence-corrected chi connectivity index (χ4v) is 3.62. The van der Waals surface area contributed by atoms with Crippen LogP contribution in [0.3, 0.4) is 0 Å². The molecule has 1 aliphatic rings. The van der Waals surface area contributed by atoms with E-state index in [2.05, 4.69) is 17.3 Å². The van der Waals surface area contributed by atoms with Crippen LogP contribution in [0.5, 0.6) is 0 Å². The number of benzene rings is 1. The molecule has 1 unspecified atom stereocenters. The average Bonchev–Trinajstić information content (AvgIpc) is 3.03. The van der Waals surface area contributed by atoms with Gasteiger partial charge in [-0.15, -0.1) is 11.8 Å². The van der Waals surface area contributed by atoms with Crippen LogP contribution in [-0.4, -0.2) is 34.2 Å². The van der Waals surface area contributed by atoms with E-state index in [1.54, 1.807) is 18.0 Å². The molecule has 0 aliphatic carbocycles. The molecule has 1 fully saturated rings. The summed E-state index contributed by atoms with van der Waals surface area (Å²) >= 11 is 1.67. The number of amides is 1. The maximum atomic E-state index is 12.5. The van der Waals surface area contributed by atoms with E-state index in [1.165, 1.54) is 6.42 Å². The second-order valence-electron chi connectivity index (χ2n) is 5.82. The van der Waals surface area contributed by atoms with Crippen molar-refractivity contribution in [2.24, 2.45) is 0 Å². The summed E-state index contributed by atoms with van der Waals surface area (Å²) in [6.07, 6.45) is 7.21. The van der Waals surface area contributed by atoms with E-state index >= 15 is 0 Å². The van der Waals surface area contributed by atoms with Crippen molar-refractivity contribution in [2.75, 3.05) is 17.7 Å². The number of hydrogen-bond donors (Lipinski definition) is 1. The molecule has 0 spiro atoms. The smallest absolute Gasteiger partial charge is 0.256 e. The van der Waals surface area contributed by atoms with E-state index in [1.807, 2.05) is 35.1 Å². The van der Waals surface area contributed by atoms with E-state index in [-0.39, 0.29) is 12.0 Å². The van der Waals surface area contributed by atoms with Gasteiger partial charge in [0.15, 0.2) is 0 Å². The van der Waals surface area contributed by atoms with Gasteiger partial charge < -0.3 is 10.1 Å². The van der Waals surface area contributed by atoms with Crippen LogP contribution in [0.2, 0.25) is 0 Å². The Labute approximate surface area is 146 Å². The maximum absolute atomic E-state index is 12.5. The van der Waals surface area contributed by atoms with Crippen LogP contribution in [0.25, 0.3) is 0 Å². The van der Waals surface area contributed by atoms with Gasteiger partial charge in [0.1, 0.15) is 0 Å². The number of carbonyl (C=O) groups excluding carboxylic acids is 1. The summed E-state index contributed by atoms with van der Waals surface area (Å²) in [6.45, 7) is 3.65. The molecule has 1 amide bonds. The summed E-state index contributed by atoms with van der Waals surface area (Å²) in [6, 6.07) is 7.68. The third-order valence-corrected chi connectivity index (χ3v) is 4.94. The standard InChI is InChI=1S/C18H23N3O2S/c1-2-24-17-9-4-3-8-16(17)18(22)20-14-11-19-21(12-14)13-15-7-5-6-10-23-15/h3-4,8-9,11-12,15H,2,5-7,10,13H2,1H3,(H,20,22). The zero-order valence-electron chi connectivity index (χ0n) is 13.9. The van der Waals surface area contributed by atoms with Crippen LogP contribution in [0.1, 0.15) is 36.5 Å². The van der Waals surface area contributed by atoms with Gasteiger partial charge in [0.25, 0.3) is 5.91 Å². The number of aromatic nitrogens is 2. The molecule has 0 radical (unpaired) electrons. The predicted molar refractivity (Wildman–Crippen MR) is 96.6 cm³/mol. The van der Waals surface area contributed by atoms with Gasteiger partial charge in [-0.1, -0.05) is 19.1 Å². The SMILES string of the molecule is CCSc1ccccc1C(=O)Nc1cnn(CC2CCCCO2)c1. The Morgan fingerprint density at radius 1 is 1.42 bits per heavy atom. The Kier molecular flexibility index (Phi) is 5.93. The van der Waals surface area contributed by atoms with Gasteiger partial charge in [0, 0.05) is 17.7 Å². The van der Waals surface area contributed by atoms with E-state index in [4.69, 9.17) is 4.74 Å². The fourth-order valence-electron chi connectivity index (χ4n) is 2.82. The molecule has 1 aromatic carbocycles. The first-order chi connectivity index (χ1) is 11.8. The number of anilines is 1. The lowest BCUT2D eigenvalue weighted by molar-refractivity contribution is 0.00401. The van der Waals surface area contributed by atoms with Gasteiger partial charge in [0.2, 0.25) is 0 Å². The Morgan fingerprint density at radius 2 is 2.29 bits per heavy atom. The molecule has 2 heterocycles. The van der Waals surface area contributed by atoms with Gasteiger partial charge in [-0.2, -0.15) is 5.10 Å². The van der Waals surface area contributed by atoms with Crippen molar-refractivity contribution in [3.8, 4) is 0 Å². The molecule has 6 heteroatoms. The highest BCUT2D eigenvalue weighted by Gasteiger charge is 2.16. The Bertz CT molecular complexity index is 680. The molecule has 0 bridgehead atoms. The van der Waals surface area contributed by atoms with Crippen LogP contribution in [0.15, 0.2) is 41.6 Å². The van der Waals surface area contributed by atoms with Gasteiger partial charge >= 0.3 is 0 Å². The van der Waals surface area contributed by atoms with Crippen LogP contribution in [-0.2, 0) is 11.3 Å². The largest absolute Gasteiger partial charge is 0.376 e. The van der Waals surface area contributed by atoms with Crippen molar-refractivity contribution in [3.63, 3.8) is 0 Å². The van der Waals surface area contributed by atoms with E-state index < -0.39 is 0 Å². The lowest BCUT2D eigenvalue weighted by Crippen LogP contribution is -2.24. The zero-order valence-corrected chi connectivity index (χ0v) is 14.7. The van der Waals surface area contributed by atoms with Crippen LogP contribution < -0.4 is 5.32 Å². The van der Waals surface area contributed by atoms with Crippen LogP contribution in [0.4, 0.5) is 5.69 Å². The number of rotatable bonds is 6. The summed E-state index contributed by atoms with van der Waals surface area (Å²) in [5, 5.41) is 7.27. The minimum Gasteiger partial charge on any atom is -0.376 e. The molecule has 0 saturated carbocycles. The monoisotopic (exact) mass is 345 g/mol. The molecular weight excluding hydrogens is 322 g/mol. The zero-order chi connectivity index (χ0) is 16.8. The minimum atomic E-state index is -0.0972. The first-order valence-corrected chi connectivity index (χ1v) is 9.42. The highest BCUT2D eigenvalue weighted by atomic mass is 32.2. The molecule has 128 valence electrons. The molecule has 1 aliphatic heterocycles. The summed E-state index contributed by atoms with van der Waals surface area (Å²) in [5.74, 6) is 0.837. The summed E-state index contributed by atoms with van der Waals surface area (Å²) in [7, 11) is 0. The number of ether oxygens (including phenoxy) is 1. The quantitative estimate of drug-likeness (QED) is 0.809. The van der Waals surface area contributed by atoms with Crippen LogP contribution in [0, 0.1) is 0 Å². The minimum absolute atomic E-state index is 0.0972. The second-order valence-corrected chi connectivity index (χ2v) is 7.13. The number of hydrogen-bond acceptors (Lipinski definition) is 4. The third kappa shape index (κ3) is 4.39. The number of carbonyl (C=O) groups is 1. The summed E-state index contributed by atoms with van der Waals surface area (Å²) in [5.41, 5.74) is 1.42. The molecule has 5 nitrogen and oxygen atoms in total. The van der Waals surface area contributed by atoms with Gasteiger partial charge in [-0.3, -0.25) is 9.48 Å². The second kappa shape index (κ2) is 8.35. The molecule has 24 heavy (non-hydrogen) atoms. The van der Waals surface area contributed by atoms with Gasteiger partial charge in [-0.05, 0) is 37.1 Å². The highest BCUT2D eigenvalue weighted by molar-refractivity contribution is 7.99. The number of nitrogens with one attached hydrogen (secondary N) is 1. The lowest BCUT2D eigenvalue weighted by atomic mass is 10.1. The van der Waals surface area contributed by atoms with E-state index in [9.17, 15) is 4.79 Å². The summed E-state index contributed by atoms with van der Waals surface area (Å²) < 4.78 is 7.58. The Hall–Kier alpha value is -1.79. The molecule has 2 aromatic rings. The predicted octanol–water partition coefficient (Wildman–Crippen LogP) is 3.82. The fraction of sp³-hybridized carbons (Fsp3) is 0.444. The van der Waals surface area contributed by atoms with Crippen molar-refractivity contribution in [1.29, 1.82) is 0 Å². The van der Waals surface area contributed by atoms with Crippen molar-refractivity contribution in [3.05, 3.63) is 42.2 Å². The van der Waals surface area contributed by atoms with Gasteiger partial charge in [0.05, 0.1) is 30.1 Å². The van der Waals surface area contributed by atoms with Crippen molar-refractivity contribution in [2.45, 2.75) is 43.7 Å². The number of nitrogens with zero attached hydrogens (tertiary/aromatic N) is 2. The van der Waals surface area contributed by atoms with E-state index in [0.29, 0.717) is 11.3 Å². The van der Waals surface area contributed by atoms with Gasteiger partial charge in [-0.25, -0.2) is 0 Å². The van der Waals surface area contributed by atoms with Crippen molar-refractivity contribution in [1.82, 2.24) is 9.78 Å².